The summed E-state index contributed by atoms with van der Waals surface area (Å²) in [6, 6.07) is 3.84. The lowest BCUT2D eigenvalue weighted by Crippen LogP contribution is -2.22. The monoisotopic (exact) mass is 207 g/mol. The van der Waals surface area contributed by atoms with E-state index < -0.39 is 5.60 Å². The van der Waals surface area contributed by atoms with E-state index in [1.54, 1.807) is 13.8 Å². The predicted molar refractivity (Wildman–Crippen MR) is 63.6 cm³/mol. The Balaban J connectivity index is 2.48. The fourth-order valence-electron chi connectivity index (χ4n) is 1.09. The van der Waals surface area contributed by atoms with Crippen molar-refractivity contribution in [3.05, 3.63) is 17.8 Å². The van der Waals surface area contributed by atoms with Crippen molar-refractivity contribution in [3.8, 4) is 5.88 Å². The largest absolute Gasteiger partial charge is 0.478 e. The average molecular weight is 207 g/mol. The minimum Gasteiger partial charge on any atom is -0.478 e. The minimum atomic E-state index is -0.681. The summed E-state index contributed by atoms with van der Waals surface area (Å²) in [5.41, 5.74) is 1.46. The van der Waals surface area contributed by atoms with E-state index in [1.165, 1.54) is 0 Å². The zero-order valence-corrected chi connectivity index (χ0v) is 9.87. The second kappa shape index (κ2) is 4.66. The highest BCUT2D eigenvalue weighted by molar-refractivity contribution is 6.33. The van der Waals surface area contributed by atoms with Crippen molar-refractivity contribution in [1.82, 2.24) is 4.98 Å². The molecule has 1 aromatic heterocycles. The van der Waals surface area contributed by atoms with Crippen LogP contribution in [-0.4, -0.2) is 30.1 Å². The van der Waals surface area contributed by atoms with Crippen LogP contribution in [-0.2, 0) is 0 Å². The van der Waals surface area contributed by atoms with Crippen LogP contribution < -0.4 is 10.2 Å². The number of hydrogen-bond acceptors (Lipinski definition) is 3. The first-order valence-electron chi connectivity index (χ1n) is 5.18. The Labute approximate surface area is 91.9 Å². The summed E-state index contributed by atoms with van der Waals surface area (Å²) in [4.78, 5) is 4.29. The molecule has 0 atom stereocenters. The molecule has 0 unspecified atom stereocenters. The molecule has 1 rings (SSSR count). The van der Waals surface area contributed by atoms with Crippen LogP contribution >= 0.6 is 0 Å². The molecule has 0 amide bonds. The Morgan fingerprint density at radius 3 is 2.67 bits per heavy atom. The molecule has 0 radical (unpaired) electrons. The summed E-state index contributed by atoms with van der Waals surface area (Å²) < 4.78 is 5.45. The number of aromatic nitrogens is 1. The highest BCUT2D eigenvalue weighted by Gasteiger charge is 2.12. The lowest BCUT2D eigenvalue weighted by Gasteiger charge is -2.16. The topological polar surface area (TPSA) is 42.4 Å². The number of ether oxygens (including phenoxy) is 1. The van der Waals surface area contributed by atoms with Crippen LogP contribution in [0.15, 0.2) is 12.1 Å². The van der Waals surface area contributed by atoms with Gasteiger partial charge in [-0.3, -0.25) is 0 Å². The van der Waals surface area contributed by atoms with Crippen LogP contribution in [0.5, 0.6) is 5.88 Å². The van der Waals surface area contributed by atoms with Crippen LogP contribution in [0.25, 0.3) is 0 Å². The van der Waals surface area contributed by atoms with Crippen molar-refractivity contribution < 1.29 is 9.84 Å². The standard InChI is InChI=1S/C11H18BNO2/c1-8-9(12)4-5-10(13-8)15-7-6-11(2,3)14/h4-5,14H,6-7,12H2,1-3H3. The summed E-state index contributed by atoms with van der Waals surface area (Å²) in [6.45, 7) is 5.98. The Bertz CT molecular complexity index is 334. The molecule has 0 aliphatic rings. The van der Waals surface area contributed by atoms with Crippen LogP contribution in [0.1, 0.15) is 26.0 Å². The molecule has 0 spiro atoms. The van der Waals surface area contributed by atoms with E-state index in [0.29, 0.717) is 18.9 Å². The average Bonchev–Trinajstić information content (AvgIpc) is 2.09. The SMILES string of the molecule is Bc1ccc(OCCC(C)(C)O)nc1C. The maximum absolute atomic E-state index is 9.49. The van der Waals surface area contributed by atoms with Gasteiger partial charge in [0.25, 0.3) is 0 Å². The summed E-state index contributed by atoms with van der Waals surface area (Å²) >= 11 is 0. The zero-order chi connectivity index (χ0) is 11.5. The van der Waals surface area contributed by atoms with Gasteiger partial charge in [-0.2, -0.15) is 0 Å². The zero-order valence-electron chi connectivity index (χ0n) is 9.87. The number of aliphatic hydroxyl groups is 1. The predicted octanol–water partition coefficient (Wildman–Crippen LogP) is 0.188. The van der Waals surface area contributed by atoms with Gasteiger partial charge in [0.05, 0.1) is 12.2 Å². The molecule has 3 nitrogen and oxygen atoms in total. The van der Waals surface area contributed by atoms with Gasteiger partial charge in [-0.15, -0.1) is 0 Å². The van der Waals surface area contributed by atoms with Crippen LogP contribution in [0.3, 0.4) is 0 Å². The van der Waals surface area contributed by atoms with E-state index >= 15 is 0 Å². The maximum atomic E-state index is 9.49. The van der Waals surface area contributed by atoms with E-state index in [9.17, 15) is 5.11 Å². The molecule has 1 aromatic rings. The van der Waals surface area contributed by atoms with Gasteiger partial charge in [0.15, 0.2) is 0 Å². The minimum absolute atomic E-state index is 0.485. The van der Waals surface area contributed by atoms with E-state index in [-0.39, 0.29) is 0 Å². The summed E-state index contributed by atoms with van der Waals surface area (Å²) in [5.74, 6) is 0.627. The van der Waals surface area contributed by atoms with E-state index in [4.69, 9.17) is 4.74 Å². The third-order valence-corrected chi connectivity index (χ3v) is 2.29. The molecule has 0 fully saturated rings. The molecule has 82 valence electrons. The molecule has 0 bridgehead atoms. The first-order chi connectivity index (χ1) is 6.88. The first kappa shape index (κ1) is 12.0. The van der Waals surface area contributed by atoms with E-state index in [1.807, 2.05) is 26.9 Å². The summed E-state index contributed by atoms with van der Waals surface area (Å²) in [5, 5.41) is 9.49. The Morgan fingerprint density at radius 1 is 1.47 bits per heavy atom. The second-order valence-electron chi connectivity index (χ2n) is 4.46. The summed E-state index contributed by atoms with van der Waals surface area (Å²) in [7, 11) is 2.02. The molecule has 15 heavy (non-hydrogen) atoms. The van der Waals surface area contributed by atoms with Gasteiger partial charge in [0.2, 0.25) is 5.88 Å². The molecule has 0 aromatic carbocycles. The van der Waals surface area contributed by atoms with Gasteiger partial charge in [-0.25, -0.2) is 4.98 Å². The fraction of sp³-hybridized carbons (Fsp3) is 0.545. The van der Waals surface area contributed by atoms with Crippen LogP contribution in [0, 0.1) is 6.92 Å². The molecular formula is C11H18BNO2. The van der Waals surface area contributed by atoms with Crippen molar-refractivity contribution in [2.24, 2.45) is 0 Å². The normalized spacial score (nSPS) is 11.5. The van der Waals surface area contributed by atoms with Crippen LogP contribution in [0.2, 0.25) is 0 Å². The molecule has 1 N–H and O–H groups in total. The fourth-order valence-corrected chi connectivity index (χ4v) is 1.09. The van der Waals surface area contributed by atoms with Gasteiger partial charge >= 0.3 is 0 Å². The third-order valence-electron chi connectivity index (χ3n) is 2.29. The van der Waals surface area contributed by atoms with Crippen LogP contribution in [0.4, 0.5) is 0 Å². The molecule has 0 aliphatic heterocycles. The second-order valence-corrected chi connectivity index (χ2v) is 4.46. The molecule has 1 heterocycles. The highest BCUT2D eigenvalue weighted by Crippen LogP contribution is 2.10. The van der Waals surface area contributed by atoms with Gasteiger partial charge in [0.1, 0.15) is 7.85 Å². The van der Waals surface area contributed by atoms with Crippen molar-refractivity contribution in [3.63, 3.8) is 0 Å². The highest BCUT2D eigenvalue weighted by atomic mass is 16.5. The van der Waals surface area contributed by atoms with Crippen molar-refractivity contribution in [2.75, 3.05) is 6.61 Å². The molecule has 0 saturated heterocycles. The third kappa shape index (κ3) is 4.34. The van der Waals surface area contributed by atoms with Crippen molar-refractivity contribution in [2.45, 2.75) is 32.8 Å². The van der Waals surface area contributed by atoms with Crippen molar-refractivity contribution >= 4 is 13.3 Å². The van der Waals surface area contributed by atoms with E-state index in [2.05, 4.69) is 4.98 Å². The molecular weight excluding hydrogens is 189 g/mol. The lowest BCUT2D eigenvalue weighted by atomic mass is 9.95. The van der Waals surface area contributed by atoms with Crippen molar-refractivity contribution in [1.29, 1.82) is 0 Å². The first-order valence-corrected chi connectivity index (χ1v) is 5.18. The maximum Gasteiger partial charge on any atom is 0.213 e. The number of nitrogens with zero attached hydrogens (tertiary/aromatic N) is 1. The molecule has 0 saturated carbocycles. The van der Waals surface area contributed by atoms with E-state index in [0.717, 1.165) is 11.2 Å². The molecule has 4 heteroatoms. The Kier molecular flexibility index (Phi) is 3.74. The Hall–Kier alpha value is -1.03. The number of aryl methyl sites for hydroxylation is 1. The molecule has 0 aliphatic carbocycles. The lowest BCUT2D eigenvalue weighted by molar-refractivity contribution is 0.0547. The summed E-state index contributed by atoms with van der Waals surface area (Å²) in [6.07, 6.45) is 0.599. The van der Waals surface area contributed by atoms with Gasteiger partial charge in [-0.1, -0.05) is 11.5 Å². The van der Waals surface area contributed by atoms with Gasteiger partial charge in [-0.05, 0) is 26.8 Å². The number of hydrogen-bond donors (Lipinski definition) is 1. The quantitative estimate of drug-likeness (QED) is 0.716. The van der Waals surface area contributed by atoms with Gasteiger partial charge < -0.3 is 9.84 Å². The number of rotatable bonds is 4. The number of pyridine rings is 1. The van der Waals surface area contributed by atoms with Gasteiger partial charge in [0, 0.05) is 12.1 Å². The Morgan fingerprint density at radius 2 is 2.13 bits per heavy atom. The smallest absolute Gasteiger partial charge is 0.213 e.